The van der Waals surface area contributed by atoms with Gasteiger partial charge in [-0.1, -0.05) is 0 Å². The fourth-order valence-electron chi connectivity index (χ4n) is 1.36. The van der Waals surface area contributed by atoms with Crippen molar-refractivity contribution in [2.24, 2.45) is 8.44 Å². The number of carbonyl (C=O) groups excluding carboxylic acids is 1. The van der Waals surface area contributed by atoms with Crippen LogP contribution in [0.5, 0.6) is 0 Å². The summed E-state index contributed by atoms with van der Waals surface area (Å²) >= 11 is -0.467. The number of nitrogens with one attached hydrogen (secondary N) is 3. The summed E-state index contributed by atoms with van der Waals surface area (Å²) in [6, 6.07) is 5.48. The van der Waals surface area contributed by atoms with E-state index in [4.69, 9.17) is 0 Å². The molecule has 1 amide bonds. The minimum absolute atomic E-state index is 0.108. The summed E-state index contributed by atoms with van der Waals surface area (Å²) in [5, 5.41) is 12.9. The number of carbonyl (C=O) groups is 1. The van der Waals surface area contributed by atoms with E-state index in [1.165, 1.54) is 6.92 Å². The molecule has 7 nitrogen and oxygen atoms in total. The molecule has 0 atom stereocenters. The number of amides is 1. The van der Waals surface area contributed by atoms with E-state index in [2.05, 4.69) is 24.4 Å². The van der Waals surface area contributed by atoms with Crippen LogP contribution < -0.4 is 41.2 Å². The summed E-state index contributed by atoms with van der Waals surface area (Å²) in [4.78, 5) is 11.0. The van der Waals surface area contributed by atoms with Crippen molar-refractivity contribution in [1.29, 1.82) is 0 Å². The van der Waals surface area contributed by atoms with E-state index in [9.17, 15) is 4.79 Å². The first kappa shape index (κ1) is 16.4. The zero-order chi connectivity index (χ0) is 14.8. The van der Waals surface area contributed by atoms with Crippen LogP contribution in [-0.4, -0.2) is 20.0 Å². The van der Waals surface area contributed by atoms with Crippen molar-refractivity contribution >= 4 is 23.0 Å². The van der Waals surface area contributed by atoms with Crippen molar-refractivity contribution in [1.82, 2.24) is 5.32 Å². The normalized spacial score (nSPS) is 11.2. The first-order chi connectivity index (χ1) is 9.67. The van der Waals surface area contributed by atoms with Crippen molar-refractivity contribution in [2.45, 2.75) is 6.92 Å². The molecule has 0 aliphatic carbocycles. The Bertz CT molecular complexity index is 503. The second kappa shape index (κ2) is 9.26. The molecule has 0 unspecified atom stereocenters. The van der Waals surface area contributed by atoms with Crippen molar-refractivity contribution in [3.63, 3.8) is 0 Å². The Morgan fingerprint density at radius 2 is 2.20 bits per heavy atom. The molecule has 0 aliphatic heterocycles. The molecule has 1 aromatic rings. The first-order valence-corrected chi connectivity index (χ1v) is 8.17. The third kappa shape index (κ3) is 5.97. The van der Waals surface area contributed by atoms with Gasteiger partial charge >= 0.3 is 129 Å². The number of anilines is 2. The maximum atomic E-state index is 11.0. The molecule has 0 fully saturated rings. The van der Waals surface area contributed by atoms with Crippen LogP contribution in [0.3, 0.4) is 0 Å². The van der Waals surface area contributed by atoms with Crippen LogP contribution in [0, 0.1) is 0 Å². The molecular formula is C12H19IN6O. The molecule has 8 heteroatoms. The molecular weight excluding hydrogens is 371 g/mol. The fraction of sp³-hybridized carbons (Fsp3) is 0.250. The van der Waals surface area contributed by atoms with Gasteiger partial charge in [0.1, 0.15) is 0 Å². The van der Waals surface area contributed by atoms with Gasteiger partial charge in [-0.05, 0) is 0 Å². The molecule has 0 aliphatic rings. The van der Waals surface area contributed by atoms with Gasteiger partial charge in [0.25, 0.3) is 0 Å². The van der Waals surface area contributed by atoms with Gasteiger partial charge in [0.2, 0.25) is 0 Å². The molecule has 0 saturated heterocycles. The number of benzene rings is 1. The van der Waals surface area contributed by atoms with Crippen LogP contribution >= 0.6 is 0 Å². The first-order valence-electron chi connectivity index (χ1n) is 5.96. The summed E-state index contributed by atoms with van der Waals surface area (Å²) in [7, 11) is 3.67. The zero-order valence-corrected chi connectivity index (χ0v) is 13.8. The van der Waals surface area contributed by atoms with Crippen LogP contribution in [0.1, 0.15) is 6.92 Å². The molecule has 110 valence electrons. The average molecular weight is 390 g/mol. The third-order valence-corrected chi connectivity index (χ3v) is 3.37. The summed E-state index contributed by atoms with van der Waals surface area (Å²) in [6.45, 7) is 1.47. The quantitative estimate of drug-likeness (QED) is 0.187. The van der Waals surface area contributed by atoms with Crippen LogP contribution in [0.4, 0.5) is 17.1 Å². The molecule has 0 heterocycles. The average Bonchev–Trinajstić information content (AvgIpc) is 2.42. The summed E-state index contributed by atoms with van der Waals surface area (Å²) < 4.78 is 6.19. The van der Waals surface area contributed by atoms with Crippen LogP contribution in [0.15, 0.2) is 39.0 Å². The summed E-state index contributed by atoms with van der Waals surface area (Å²) in [5.74, 6) is -0.108. The van der Waals surface area contributed by atoms with Crippen molar-refractivity contribution in [3.8, 4) is 0 Å². The maximum absolute atomic E-state index is 11.0. The van der Waals surface area contributed by atoms with Gasteiger partial charge in [-0.2, -0.15) is 0 Å². The summed E-state index contributed by atoms with van der Waals surface area (Å²) in [6.07, 6.45) is 3.75. The van der Waals surface area contributed by atoms with Gasteiger partial charge in [0.15, 0.2) is 0 Å². The monoisotopic (exact) mass is 390 g/mol. The molecule has 0 bridgehead atoms. The third-order valence-electron chi connectivity index (χ3n) is 2.17. The molecule has 5 N–H and O–H groups in total. The van der Waals surface area contributed by atoms with Crippen molar-refractivity contribution < 1.29 is 30.1 Å². The number of hydrogen-bond acceptors (Lipinski definition) is 5. The number of hydrogen-bond donors (Lipinski definition) is 4. The molecule has 1 aromatic carbocycles. The van der Waals surface area contributed by atoms with E-state index < -0.39 is 21.8 Å². The Morgan fingerprint density at radius 1 is 1.40 bits per heavy atom. The number of quaternary nitrogens is 1. The molecule has 0 radical (unpaired) electrons. The standard InChI is InChI=1S/C12H19IN6O/c1-9(20)17-10-4-5-11(15-3)12(8-10)18-19-13-16-7-6-14-2/h4-8,14-15H,16H2,1-3H3,(H,17,20). The number of halogens is 1. The Hall–Kier alpha value is -1.68. The van der Waals surface area contributed by atoms with Gasteiger partial charge < -0.3 is 0 Å². The molecule has 0 spiro atoms. The van der Waals surface area contributed by atoms with Gasteiger partial charge in [0, 0.05) is 0 Å². The minimum atomic E-state index is -0.467. The Kier molecular flexibility index (Phi) is 7.58. The van der Waals surface area contributed by atoms with E-state index in [0.29, 0.717) is 11.4 Å². The van der Waals surface area contributed by atoms with Crippen molar-refractivity contribution in [2.75, 3.05) is 24.7 Å². The van der Waals surface area contributed by atoms with Crippen molar-refractivity contribution in [3.05, 3.63) is 30.6 Å². The number of nitrogens with two attached hydrogens (primary N) is 1. The van der Waals surface area contributed by atoms with Gasteiger partial charge in [0.05, 0.1) is 0 Å². The second-order valence-electron chi connectivity index (χ2n) is 3.71. The zero-order valence-electron chi connectivity index (χ0n) is 11.6. The van der Waals surface area contributed by atoms with Crippen LogP contribution in [0.2, 0.25) is 0 Å². The van der Waals surface area contributed by atoms with E-state index in [0.717, 1.165) is 5.69 Å². The van der Waals surface area contributed by atoms with Gasteiger partial charge in [-0.25, -0.2) is 0 Å². The van der Waals surface area contributed by atoms with E-state index in [1.807, 2.05) is 42.2 Å². The molecule has 0 saturated carbocycles. The molecule has 0 aromatic heterocycles. The van der Waals surface area contributed by atoms with Gasteiger partial charge in [-0.15, -0.1) is 0 Å². The number of nitrogens with zero attached hydrogens (tertiary/aromatic N) is 2. The van der Waals surface area contributed by atoms with E-state index in [1.54, 1.807) is 6.07 Å². The van der Waals surface area contributed by atoms with Crippen LogP contribution in [0.25, 0.3) is 0 Å². The molecule has 20 heavy (non-hydrogen) atoms. The van der Waals surface area contributed by atoms with Crippen LogP contribution in [-0.2, 0) is 4.79 Å². The SMILES string of the molecule is CNC=C[NH2+][I-]N=Nc1cc(NC(C)=O)ccc1NC. The topological polar surface area (TPSA) is 94.5 Å². The number of rotatable bonds is 7. The van der Waals surface area contributed by atoms with E-state index >= 15 is 0 Å². The Balaban J connectivity index is 2.72. The summed E-state index contributed by atoms with van der Waals surface area (Å²) in [5.41, 5.74) is 2.30. The second-order valence-corrected chi connectivity index (χ2v) is 5.42. The fourth-order valence-corrected chi connectivity index (χ4v) is 2.25. The van der Waals surface area contributed by atoms with E-state index in [-0.39, 0.29) is 5.91 Å². The Morgan fingerprint density at radius 3 is 2.85 bits per heavy atom. The molecule has 1 rings (SSSR count). The Labute approximate surface area is 129 Å². The predicted octanol–water partition coefficient (Wildman–Crippen LogP) is -2.06. The predicted molar refractivity (Wildman–Crippen MR) is 74.9 cm³/mol. The van der Waals surface area contributed by atoms with Gasteiger partial charge in [-0.3, -0.25) is 0 Å².